The number of ether oxygens (including phenoxy) is 4. The number of aldehydes is 2. The molecule has 0 aliphatic carbocycles. The highest BCUT2D eigenvalue weighted by molar-refractivity contribution is 5.75. The molecule has 0 aromatic heterocycles. The molecule has 6 heteroatoms. The first kappa shape index (κ1) is 16.8. The van der Waals surface area contributed by atoms with Crippen molar-refractivity contribution in [1.29, 1.82) is 0 Å². The third kappa shape index (κ3) is 3.34. The number of fused-ring (bicyclic) bond motifs is 1. The molecule has 2 aromatic rings. The fourth-order valence-corrected chi connectivity index (χ4v) is 3.23. The number of carbonyl (C=O) groups excluding carboxylic acids is 2. The molecule has 0 bridgehead atoms. The highest BCUT2D eigenvalue weighted by atomic mass is 16.6. The molecule has 2 aromatic carbocycles. The van der Waals surface area contributed by atoms with Crippen molar-refractivity contribution in [3.05, 3.63) is 59.7 Å². The maximum atomic E-state index is 10.7. The van der Waals surface area contributed by atoms with Gasteiger partial charge in [0.15, 0.2) is 12.2 Å². The van der Waals surface area contributed by atoms with Gasteiger partial charge in [0.25, 0.3) is 0 Å². The minimum Gasteiger partial charge on any atom is -0.485 e. The van der Waals surface area contributed by atoms with Crippen molar-refractivity contribution in [1.82, 2.24) is 0 Å². The predicted molar refractivity (Wildman–Crippen MR) is 92.0 cm³/mol. The predicted octanol–water partition coefficient (Wildman–Crippen LogP) is 2.30. The maximum absolute atomic E-state index is 10.7. The third-order valence-corrected chi connectivity index (χ3v) is 4.57. The van der Waals surface area contributed by atoms with E-state index in [0.29, 0.717) is 35.8 Å². The summed E-state index contributed by atoms with van der Waals surface area (Å²) in [5.41, 5.74) is 1.20. The van der Waals surface area contributed by atoms with Crippen LogP contribution < -0.4 is 9.47 Å². The van der Waals surface area contributed by atoms with Crippen LogP contribution in [0.1, 0.15) is 20.7 Å². The van der Waals surface area contributed by atoms with Crippen LogP contribution in [0.4, 0.5) is 0 Å². The fourth-order valence-electron chi connectivity index (χ4n) is 3.23. The van der Waals surface area contributed by atoms with Crippen molar-refractivity contribution in [2.75, 3.05) is 13.2 Å². The van der Waals surface area contributed by atoms with E-state index in [1.807, 2.05) is 0 Å². The largest absolute Gasteiger partial charge is 0.485 e. The Morgan fingerprint density at radius 3 is 1.42 bits per heavy atom. The van der Waals surface area contributed by atoms with Crippen LogP contribution in [-0.2, 0) is 9.47 Å². The molecule has 2 heterocycles. The molecule has 0 saturated carbocycles. The van der Waals surface area contributed by atoms with Gasteiger partial charge in [-0.05, 0) is 48.5 Å². The molecule has 0 N–H and O–H groups in total. The first-order valence-electron chi connectivity index (χ1n) is 8.44. The van der Waals surface area contributed by atoms with Crippen LogP contribution in [-0.4, -0.2) is 50.2 Å². The number of carbonyl (C=O) groups is 2. The zero-order valence-corrected chi connectivity index (χ0v) is 13.9. The summed E-state index contributed by atoms with van der Waals surface area (Å²) in [7, 11) is 0. The summed E-state index contributed by atoms with van der Waals surface area (Å²) >= 11 is 0. The van der Waals surface area contributed by atoms with Crippen molar-refractivity contribution in [3.8, 4) is 11.5 Å². The summed E-state index contributed by atoms with van der Waals surface area (Å²) in [5.74, 6) is 1.34. The Morgan fingerprint density at radius 2 is 1.08 bits per heavy atom. The van der Waals surface area contributed by atoms with E-state index in [1.54, 1.807) is 48.5 Å². The fraction of sp³-hybridized carbons (Fsp3) is 0.300. The van der Waals surface area contributed by atoms with Crippen molar-refractivity contribution >= 4 is 12.6 Å². The van der Waals surface area contributed by atoms with Crippen LogP contribution in [0.3, 0.4) is 0 Å². The van der Waals surface area contributed by atoms with Gasteiger partial charge in [-0.2, -0.15) is 0 Å². The van der Waals surface area contributed by atoms with Crippen molar-refractivity contribution < 1.29 is 28.5 Å². The van der Waals surface area contributed by atoms with Crippen LogP contribution in [0, 0.1) is 0 Å². The number of hydrogen-bond acceptors (Lipinski definition) is 6. The van der Waals surface area contributed by atoms with E-state index in [0.717, 1.165) is 12.6 Å². The van der Waals surface area contributed by atoms with Gasteiger partial charge in [-0.1, -0.05) is 0 Å². The van der Waals surface area contributed by atoms with E-state index >= 15 is 0 Å². The van der Waals surface area contributed by atoms with Crippen molar-refractivity contribution in [3.63, 3.8) is 0 Å². The van der Waals surface area contributed by atoms with Gasteiger partial charge in [-0.3, -0.25) is 9.59 Å². The second-order valence-corrected chi connectivity index (χ2v) is 6.28. The van der Waals surface area contributed by atoms with Gasteiger partial charge in [0.2, 0.25) is 0 Å². The molecule has 4 rings (SSSR count). The van der Waals surface area contributed by atoms with Gasteiger partial charge in [-0.15, -0.1) is 0 Å². The Bertz CT molecular complexity index is 702. The molecule has 0 radical (unpaired) electrons. The van der Waals surface area contributed by atoms with Gasteiger partial charge in [0.1, 0.15) is 36.3 Å². The topological polar surface area (TPSA) is 71.1 Å². The standard InChI is InChI=1S/C20H18O6/c21-9-13-1-5-15(6-2-13)25-17-11-23-20-18(12-24-19(17)20)26-16-7-3-14(10-22)4-8-16/h1-10,17-20H,11-12H2/t17-,18+,19-,20-/m1/s1. The molecule has 4 atom stereocenters. The SMILES string of the molecule is O=Cc1ccc(O[C@H]2CO[C@H]3[C@@H]2OC[C@H]3Oc2ccc(C=O)cc2)cc1. The Hall–Kier alpha value is -2.70. The highest BCUT2D eigenvalue weighted by Crippen LogP contribution is 2.32. The lowest BCUT2D eigenvalue weighted by Gasteiger charge is -2.18. The number of benzene rings is 2. The average Bonchev–Trinajstić information content (AvgIpc) is 3.27. The molecular weight excluding hydrogens is 336 g/mol. The van der Waals surface area contributed by atoms with Gasteiger partial charge in [0.05, 0.1) is 13.2 Å². The minimum absolute atomic E-state index is 0.208. The van der Waals surface area contributed by atoms with Gasteiger partial charge in [-0.25, -0.2) is 0 Å². The van der Waals surface area contributed by atoms with Crippen LogP contribution in [0.25, 0.3) is 0 Å². The van der Waals surface area contributed by atoms with E-state index in [1.165, 1.54) is 0 Å². The van der Waals surface area contributed by atoms with Crippen LogP contribution >= 0.6 is 0 Å². The second kappa shape index (κ2) is 7.27. The van der Waals surface area contributed by atoms with Gasteiger partial charge >= 0.3 is 0 Å². The number of hydrogen-bond donors (Lipinski definition) is 0. The maximum Gasteiger partial charge on any atom is 0.151 e. The minimum atomic E-state index is -0.229. The Balaban J connectivity index is 1.38. The van der Waals surface area contributed by atoms with Gasteiger partial charge < -0.3 is 18.9 Å². The van der Waals surface area contributed by atoms with E-state index in [4.69, 9.17) is 18.9 Å². The van der Waals surface area contributed by atoms with E-state index in [9.17, 15) is 9.59 Å². The second-order valence-electron chi connectivity index (χ2n) is 6.28. The van der Waals surface area contributed by atoms with Gasteiger partial charge in [0, 0.05) is 11.1 Å². The third-order valence-electron chi connectivity index (χ3n) is 4.57. The van der Waals surface area contributed by atoms with Crippen molar-refractivity contribution in [2.45, 2.75) is 24.4 Å². The lowest BCUT2D eigenvalue weighted by atomic mass is 10.1. The van der Waals surface area contributed by atoms with E-state index < -0.39 is 0 Å². The normalized spacial score (nSPS) is 26.9. The molecule has 134 valence electrons. The Morgan fingerprint density at radius 1 is 0.692 bits per heavy atom. The number of rotatable bonds is 6. The van der Waals surface area contributed by atoms with Crippen LogP contribution in [0.15, 0.2) is 48.5 Å². The van der Waals surface area contributed by atoms with E-state index in [2.05, 4.69) is 0 Å². The molecule has 26 heavy (non-hydrogen) atoms. The Labute approximate surface area is 150 Å². The highest BCUT2D eigenvalue weighted by Gasteiger charge is 2.50. The lowest BCUT2D eigenvalue weighted by Crippen LogP contribution is -2.36. The monoisotopic (exact) mass is 354 g/mol. The quantitative estimate of drug-likeness (QED) is 0.742. The molecule has 0 amide bonds. The summed E-state index contributed by atoms with van der Waals surface area (Å²) in [6, 6.07) is 13.9. The molecule has 0 spiro atoms. The summed E-state index contributed by atoms with van der Waals surface area (Å²) in [6.07, 6.45) is 0.714. The van der Waals surface area contributed by atoms with Crippen LogP contribution in [0.5, 0.6) is 11.5 Å². The molecule has 0 unspecified atom stereocenters. The van der Waals surface area contributed by atoms with Crippen molar-refractivity contribution in [2.24, 2.45) is 0 Å². The molecule has 2 aliphatic rings. The zero-order chi connectivity index (χ0) is 17.9. The molecular formula is C20H18O6. The van der Waals surface area contributed by atoms with Crippen LogP contribution in [0.2, 0.25) is 0 Å². The first-order valence-corrected chi connectivity index (χ1v) is 8.44. The first-order chi connectivity index (χ1) is 12.8. The summed E-state index contributed by atoms with van der Waals surface area (Å²) in [5, 5.41) is 0. The lowest BCUT2D eigenvalue weighted by molar-refractivity contribution is 0.0181. The Kier molecular flexibility index (Phi) is 4.69. The van der Waals surface area contributed by atoms with E-state index in [-0.39, 0.29) is 24.4 Å². The smallest absolute Gasteiger partial charge is 0.151 e. The molecule has 2 aliphatic heterocycles. The summed E-state index contributed by atoms with van der Waals surface area (Å²) < 4.78 is 23.6. The molecule has 2 fully saturated rings. The average molecular weight is 354 g/mol. The molecule has 6 nitrogen and oxygen atoms in total. The molecule has 2 saturated heterocycles. The summed E-state index contributed by atoms with van der Waals surface area (Å²) in [4.78, 5) is 21.4. The zero-order valence-electron chi connectivity index (χ0n) is 13.9. The summed E-state index contributed by atoms with van der Waals surface area (Å²) in [6.45, 7) is 0.823.